The van der Waals surface area contributed by atoms with Crippen LogP contribution in [0.4, 0.5) is 5.82 Å². The highest BCUT2D eigenvalue weighted by Crippen LogP contribution is 2.29. The molecule has 1 aromatic carbocycles. The summed E-state index contributed by atoms with van der Waals surface area (Å²) in [5.41, 5.74) is 3.44. The van der Waals surface area contributed by atoms with E-state index in [1.807, 2.05) is 13.8 Å². The normalized spacial score (nSPS) is 10.3. The zero-order chi connectivity index (χ0) is 13.8. The van der Waals surface area contributed by atoms with E-state index in [2.05, 4.69) is 41.3 Å². The van der Waals surface area contributed by atoms with Crippen LogP contribution in [0.2, 0.25) is 0 Å². The van der Waals surface area contributed by atoms with Gasteiger partial charge in [-0.2, -0.15) is 4.98 Å². The Bertz CT molecular complexity index is 582. The molecule has 0 saturated carbocycles. The molecular weight excluding hydrogens is 238 g/mol. The first-order valence-electron chi connectivity index (χ1n) is 6.42. The van der Waals surface area contributed by atoms with Gasteiger partial charge in [0.2, 0.25) is 5.88 Å². The van der Waals surface area contributed by atoms with Crippen LogP contribution in [-0.2, 0) is 0 Å². The van der Waals surface area contributed by atoms with Crippen LogP contribution < -0.4 is 10.1 Å². The Morgan fingerprint density at radius 3 is 2.58 bits per heavy atom. The number of nitrogens with zero attached hydrogens (tertiary/aromatic N) is 2. The quantitative estimate of drug-likeness (QED) is 0.908. The molecule has 1 aromatic heterocycles. The van der Waals surface area contributed by atoms with Crippen LogP contribution in [0.5, 0.6) is 11.6 Å². The largest absolute Gasteiger partial charge is 0.437 e. The minimum Gasteiger partial charge on any atom is -0.437 e. The zero-order valence-electron chi connectivity index (χ0n) is 11.8. The van der Waals surface area contributed by atoms with Crippen LogP contribution in [0.3, 0.4) is 0 Å². The maximum Gasteiger partial charge on any atom is 0.239 e. The summed E-state index contributed by atoms with van der Waals surface area (Å²) in [5, 5.41) is 3.12. The Morgan fingerprint density at radius 2 is 1.84 bits per heavy atom. The van der Waals surface area contributed by atoms with E-state index >= 15 is 0 Å². The molecule has 0 saturated heterocycles. The molecule has 1 heterocycles. The van der Waals surface area contributed by atoms with E-state index < -0.39 is 0 Å². The highest BCUT2D eigenvalue weighted by Gasteiger charge is 2.09. The summed E-state index contributed by atoms with van der Waals surface area (Å²) in [6.07, 6.45) is 3.31. The SMILES string of the molecule is CCNc1cncc(Oc2c(C)ccc(C)c2C)n1. The molecule has 0 spiro atoms. The summed E-state index contributed by atoms with van der Waals surface area (Å²) in [4.78, 5) is 8.50. The summed E-state index contributed by atoms with van der Waals surface area (Å²) >= 11 is 0. The summed E-state index contributed by atoms with van der Waals surface area (Å²) in [6.45, 7) is 8.98. The van der Waals surface area contributed by atoms with E-state index in [1.54, 1.807) is 12.4 Å². The Balaban J connectivity index is 2.31. The Hall–Kier alpha value is -2.10. The van der Waals surface area contributed by atoms with Gasteiger partial charge in [-0.05, 0) is 44.4 Å². The lowest BCUT2D eigenvalue weighted by molar-refractivity contribution is 0.453. The van der Waals surface area contributed by atoms with Crippen molar-refractivity contribution in [2.24, 2.45) is 0 Å². The lowest BCUT2D eigenvalue weighted by Crippen LogP contribution is -2.01. The molecule has 4 heteroatoms. The average molecular weight is 257 g/mol. The van der Waals surface area contributed by atoms with Gasteiger partial charge < -0.3 is 10.1 Å². The first kappa shape index (κ1) is 13.3. The van der Waals surface area contributed by atoms with Crippen molar-refractivity contribution in [2.45, 2.75) is 27.7 Å². The molecule has 100 valence electrons. The first-order valence-corrected chi connectivity index (χ1v) is 6.42. The van der Waals surface area contributed by atoms with E-state index in [4.69, 9.17) is 4.74 Å². The highest BCUT2D eigenvalue weighted by atomic mass is 16.5. The summed E-state index contributed by atoms with van der Waals surface area (Å²) < 4.78 is 5.89. The van der Waals surface area contributed by atoms with Crippen LogP contribution in [0.1, 0.15) is 23.6 Å². The molecule has 1 N–H and O–H groups in total. The van der Waals surface area contributed by atoms with Gasteiger partial charge in [0.25, 0.3) is 0 Å². The minimum absolute atomic E-state index is 0.509. The molecule has 0 unspecified atom stereocenters. The van der Waals surface area contributed by atoms with Gasteiger partial charge in [0.05, 0.1) is 12.4 Å². The van der Waals surface area contributed by atoms with Crippen LogP contribution in [0.15, 0.2) is 24.5 Å². The first-order chi connectivity index (χ1) is 9.11. The van der Waals surface area contributed by atoms with E-state index in [0.717, 1.165) is 29.2 Å². The van der Waals surface area contributed by atoms with Gasteiger partial charge in [0.15, 0.2) is 0 Å². The highest BCUT2D eigenvalue weighted by molar-refractivity contribution is 5.46. The number of aromatic nitrogens is 2. The maximum atomic E-state index is 5.89. The maximum absolute atomic E-state index is 5.89. The van der Waals surface area contributed by atoms with Gasteiger partial charge in [-0.25, -0.2) is 0 Å². The monoisotopic (exact) mass is 257 g/mol. The second-order valence-corrected chi connectivity index (χ2v) is 4.53. The van der Waals surface area contributed by atoms with Crippen molar-refractivity contribution in [3.8, 4) is 11.6 Å². The van der Waals surface area contributed by atoms with E-state index in [1.165, 1.54) is 5.56 Å². The average Bonchev–Trinajstić information content (AvgIpc) is 2.40. The fourth-order valence-corrected chi connectivity index (χ4v) is 1.85. The van der Waals surface area contributed by atoms with Crippen molar-refractivity contribution in [3.05, 3.63) is 41.2 Å². The van der Waals surface area contributed by atoms with Gasteiger partial charge in [0, 0.05) is 6.54 Å². The van der Waals surface area contributed by atoms with Crippen molar-refractivity contribution in [1.29, 1.82) is 0 Å². The van der Waals surface area contributed by atoms with E-state index in [9.17, 15) is 0 Å². The standard InChI is InChI=1S/C15H19N3O/c1-5-17-13-8-16-9-14(18-13)19-15-11(3)7-6-10(2)12(15)4/h6-9H,5H2,1-4H3,(H,17,18). The number of hydrogen-bond acceptors (Lipinski definition) is 4. The van der Waals surface area contributed by atoms with Crippen molar-refractivity contribution < 1.29 is 4.74 Å². The van der Waals surface area contributed by atoms with Gasteiger partial charge in [-0.3, -0.25) is 4.98 Å². The van der Waals surface area contributed by atoms with Crippen LogP contribution in [-0.4, -0.2) is 16.5 Å². The molecular formula is C15H19N3O. The molecule has 0 fully saturated rings. The van der Waals surface area contributed by atoms with Crippen molar-refractivity contribution in [2.75, 3.05) is 11.9 Å². The third-order valence-electron chi connectivity index (χ3n) is 3.05. The van der Waals surface area contributed by atoms with Gasteiger partial charge in [-0.1, -0.05) is 12.1 Å². The second-order valence-electron chi connectivity index (χ2n) is 4.53. The van der Waals surface area contributed by atoms with Crippen molar-refractivity contribution in [3.63, 3.8) is 0 Å². The van der Waals surface area contributed by atoms with Gasteiger partial charge in [0.1, 0.15) is 11.6 Å². The smallest absolute Gasteiger partial charge is 0.239 e. The van der Waals surface area contributed by atoms with E-state index in [-0.39, 0.29) is 0 Å². The van der Waals surface area contributed by atoms with Crippen molar-refractivity contribution >= 4 is 5.82 Å². The molecule has 0 bridgehead atoms. The number of benzene rings is 1. The predicted octanol–water partition coefficient (Wildman–Crippen LogP) is 3.63. The molecule has 0 radical (unpaired) electrons. The van der Waals surface area contributed by atoms with E-state index in [0.29, 0.717) is 5.88 Å². The molecule has 0 aliphatic rings. The van der Waals surface area contributed by atoms with Crippen LogP contribution in [0.25, 0.3) is 0 Å². The molecule has 0 amide bonds. The third kappa shape index (κ3) is 3.02. The Kier molecular flexibility index (Phi) is 4.00. The number of nitrogens with one attached hydrogen (secondary N) is 1. The number of ether oxygens (including phenoxy) is 1. The zero-order valence-corrected chi connectivity index (χ0v) is 11.8. The summed E-state index contributed by atoms with van der Waals surface area (Å²) in [7, 11) is 0. The molecule has 0 aliphatic carbocycles. The molecule has 0 aliphatic heterocycles. The number of rotatable bonds is 4. The molecule has 2 aromatic rings. The fourth-order valence-electron chi connectivity index (χ4n) is 1.85. The minimum atomic E-state index is 0.509. The number of hydrogen-bond donors (Lipinski definition) is 1. The van der Waals surface area contributed by atoms with Gasteiger partial charge in [-0.15, -0.1) is 0 Å². The lowest BCUT2D eigenvalue weighted by Gasteiger charge is -2.13. The van der Waals surface area contributed by atoms with Crippen LogP contribution >= 0.6 is 0 Å². The van der Waals surface area contributed by atoms with Crippen molar-refractivity contribution in [1.82, 2.24) is 9.97 Å². The third-order valence-corrected chi connectivity index (χ3v) is 3.05. The molecule has 19 heavy (non-hydrogen) atoms. The molecule has 4 nitrogen and oxygen atoms in total. The topological polar surface area (TPSA) is 47.0 Å². The molecule has 2 rings (SSSR count). The summed E-state index contributed by atoms with van der Waals surface area (Å²) in [5.74, 6) is 2.10. The molecule has 0 atom stereocenters. The second kappa shape index (κ2) is 5.69. The number of aryl methyl sites for hydroxylation is 2. The summed E-state index contributed by atoms with van der Waals surface area (Å²) in [6, 6.07) is 4.15. The Morgan fingerprint density at radius 1 is 1.11 bits per heavy atom. The van der Waals surface area contributed by atoms with Crippen LogP contribution in [0, 0.1) is 20.8 Å². The fraction of sp³-hybridized carbons (Fsp3) is 0.333. The number of anilines is 1. The van der Waals surface area contributed by atoms with Gasteiger partial charge >= 0.3 is 0 Å². The Labute approximate surface area is 113 Å². The predicted molar refractivity (Wildman–Crippen MR) is 76.9 cm³/mol. The lowest BCUT2D eigenvalue weighted by atomic mass is 10.1.